The molecule has 9 rings (SSSR count). The molecule has 9 nitrogen and oxygen atoms in total. The zero-order valence-electron chi connectivity index (χ0n) is 38.2. The van der Waals surface area contributed by atoms with Crippen LogP contribution in [0.3, 0.4) is 0 Å². The highest BCUT2D eigenvalue weighted by atomic mass is 16.5. The lowest BCUT2D eigenvalue weighted by Gasteiger charge is -2.66. The molecule has 2 saturated heterocycles. The molecule has 0 amide bonds. The van der Waals surface area contributed by atoms with Gasteiger partial charge in [0, 0.05) is 41.4 Å². The van der Waals surface area contributed by atoms with E-state index in [1.165, 1.54) is 83.3 Å². The summed E-state index contributed by atoms with van der Waals surface area (Å²) < 4.78 is 8.40. The second-order valence-electron chi connectivity index (χ2n) is 22.8. The Morgan fingerprint density at radius 2 is 1.66 bits per heavy atom. The van der Waals surface area contributed by atoms with Gasteiger partial charge in [0.1, 0.15) is 30.3 Å². The van der Waals surface area contributed by atoms with Crippen molar-refractivity contribution in [1.82, 2.24) is 25.4 Å². The molecule has 3 heterocycles. The maximum atomic E-state index is 12.8. The predicted molar refractivity (Wildman–Crippen MR) is 230 cm³/mol. The van der Waals surface area contributed by atoms with Gasteiger partial charge in [0.2, 0.25) is 0 Å². The Morgan fingerprint density at radius 3 is 2.29 bits per heavy atom. The van der Waals surface area contributed by atoms with Crippen molar-refractivity contribution in [3.63, 3.8) is 0 Å². The first kappa shape index (κ1) is 43.9. The van der Waals surface area contributed by atoms with Crippen molar-refractivity contribution in [2.75, 3.05) is 0 Å². The maximum absolute atomic E-state index is 12.8. The number of nitrogens with zero attached hydrogens (tertiary/aromatic N) is 3. The number of carbonyl (C=O) groups is 3. The average molecular weight is 804 g/mol. The first-order valence-electron chi connectivity index (χ1n) is 24.0. The van der Waals surface area contributed by atoms with Crippen LogP contribution in [0.4, 0.5) is 0 Å². The number of aldehydes is 2. The van der Waals surface area contributed by atoms with E-state index in [4.69, 9.17) is 4.74 Å². The number of hydrogen-bond donors (Lipinski definition) is 2. The zero-order chi connectivity index (χ0) is 41.8. The third-order valence-corrected chi connectivity index (χ3v) is 17.9. The molecule has 58 heavy (non-hydrogen) atoms. The van der Waals surface area contributed by atoms with Crippen molar-refractivity contribution in [2.45, 2.75) is 227 Å². The Morgan fingerprint density at radius 1 is 0.914 bits per heavy atom. The summed E-state index contributed by atoms with van der Waals surface area (Å²) in [6, 6.07) is 2.08. The molecule has 0 radical (unpaired) electrons. The molecule has 8 fully saturated rings. The molecule has 0 aromatic carbocycles. The van der Waals surface area contributed by atoms with Crippen LogP contribution in [0, 0.1) is 58.2 Å². The lowest BCUT2D eigenvalue weighted by Crippen LogP contribution is -2.63. The molecule has 12 unspecified atom stereocenters. The Labute approximate surface area is 351 Å². The van der Waals surface area contributed by atoms with Gasteiger partial charge in [-0.15, -0.1) is 10.2 Å². The fourth-order valence-electron chi connectivity index (χ4n) is 14.5. The molecule has 326 valence electrons. The number of nitrogens with one attached hydrogen (secondary N) is 2. The van der Waals surface area contributed by atoms with Crippen LogP contribution in [0.5, 0.6) is 0 Å². The normalized spacial score (nSPS) is 41.5. The van der Waals surface area contributed by atoms with E-state index in [0.717, 1.165) is 61.4 Å². The largest absolute Gasteiger partial charge is 0.461 e. The quantitative estimate of drug-likeness (QED) is 0.136. The van der Waals surface area contributed by atoms with Crippen LogP contribution in [0.15, 0.2) is 0 Å². The van der Waals surface area contributed by atoms with E-state index in [0.29, 0.717) is 54.1 Å². The van der Waals surface area contributed by atoms with E-state index in [9.17, 15) is 14.4 Å². The van der Waals surface area contributed by atoms with Crippen LogP contribution < -0.4 is 10.6 Å². The number of aryl methyl sites for hydroxylation is 1. The zero-order valence-corrected chi connectivity index (χ0v) is 38.2. The topological polar surface area (TPSA) is 125 Å². The molecule has 2 aliphatic heterocycles. The highest BCUT2D eigenvalue weighted by Gasteiger charge is 2.76. The molecule has 6 aliphatic carbocycles. The molecule has 9 heteroatoms. The number of fused-ring (bicyclic) bond motifs is 6. The van der Waals surface area contributed by atoms with E-state index in [2.05, 4.69) is 80.8 Å². The van der Waals surface area contributed by atoms with E-state index in [-0.39, 0.29) is 39.9 Å². The van der Waals surface area contributed by atoms with Crippen molar-refractivity contribution < 1.29 is 19.1 Å². The van der Waals surface area contributed by atoms with Gasteiger partial charge in [-0.05, 0) is 150 Å². The fraction of sp³-hybridized carbons (Fsp3) is 0.898. The van der Waals surface area contributed by atoms with Gasteiger partial charge in [-0.3, -0.25) is 4.79 Å². The van der Waals surface area contributed by atoms with Crippen LogP contribution in [-0.4, -0.2) is 63.1 Å². The summed E-state index contributed by atoms with van der Waals surface area (Å²) in [7, 11) is 0. The van der Waals surface area contributed by atoms with Crippen molar-refractivity contribution in [3.8, 4) is 0 Å². The van der Waals surface area contributed by atoms with Crippen LogP contribution in [0.2, 0.25) is 0 Å². The SMILES string of the molecule is CC(C)(CC=O)CC(=O)OC1CCC2(C)C3CCC4C(CCC5(C=O)CCC[C@H]45)C3(C)CCC23NC13.CC1CC1.Cc1nnc(C(C)C)n1C(C)CC1CCC(C)N1. The molecule has 13 atom stereocenters. The lowest BCUT2D eigenvalue weighted by molar-refractivity contribution is -0.175. The lowest BCUT2D eigenvalue weighted by atomic mass is 9.38. The minimum absolute atomic E-state index is 0.00444. The van der Waals surface area contributed by atoms with Crippen LogP contribution in [0.25, 0.3) is 0 Å². The number of rotatable bonds is 10. The molecule has 2 N–H and O–H groups in total. The minimum atomic E-state index is -0.345. The van der Waals surface area contributed by atoms with Crippen LogP contribution >= 0.6 is 0 Å². The average Bonchev–Trinajstić information content (AvgIpc) is 3.95. The van der Waals surface area contributed by atoms with Gasteiger partial charge < -0.3 is 29.5 Å². The van der Waals surface area contributed by atoms with Crippen LogP contribution in [-0.2, 0) is 19.1 Å². The molecular formula is C49H81N5O4. The smallest absolute Gasteiger partial charge is 0.306 e. The summed E-state index contributed by atoms with van der Waals surface area (Å²) >= 11 is 0. The summed E-state index contributed by atoms with van der Waals surface area (Å²) in [6.07, 6.45) is 22.7. The predicted octanol–water partition coefficient (Wildman–Crippen LogP) is 9.85. The molecule has 1 aromatic heterocycles. The van der Waals surface area contributed by atoms with E-state index >= 15 is 0 Å². The summed E-state index contributed by atoms with van der Waals surface area (Å²) in [6.45, 7) is 22.4. The second kappa shape index (κ2) is 16.6. The Hall–Kier alpha value is -2.13. The number of carbonyl (C=O) groups excluding carboxylic acids is 3. The molecule has 1 aromatic rings. The van der Waals surface area contributed by atoms with Gasteiger partial charge in [-0.1, -0.05) is 67.7 Å². The fourth-order valence-corrected chi connectivity index (χ4v) is 14.5. The highest BCUT2D eigenvalue weighted by molar-refractivity contribution is 5.71. The van der Waals surface area contributed by atoms with Gasteiger partial charge in [0.15, 0.2) is 0 Å². The first-order valence-corrected chi connectivity index (χ1v) is 24.0. The van der Waals surface area contributed by atoms with Crippen molar-refractivity contribution in [1.29, 1.82) is 0 Å². The Kier molecular flexibility index (Phi) is 12.6. The summed E-state index contributed by atoms with van der Waals surface area (Å²) in [4.78, 5) is 36.0. The van der Waals surface area contributed by atoms with Crippen LogP contribution in [0.1, 0.15) is 201 Å². The molecule has 6 saturated carbocycles. The molecular weight excluding hydrogens is 723 g/mol. The van der Waals surface area contributed by atoms with Crippen molar-refractivity contribution >= 4 is 18.5 Å². The Bertz CT molecular complexity index is 1640. The van der Waals surface area contributed by atoms with Gasteiger partial charge in [-0.25, -0.2) is 0 Å². The third-order valence-electron chi connectivity index (χ3n) is 17.9. The molecule has 1 spiro atoms. The number of esters is 1. The maximum Gasteiger partial charge on any atom is 0.306 e. The van der Waals surface area contributed by atoms with Gasteiger partial charge in [0.25, 0.3) is 0 Å². The standard InChI is InChI=1S/C31H47NO4.C14H26N4.C4H8/c1-27(2,16-17-33)18-25(35)36-23-10-12-29(4)24-8-7-20-21(9-13-30(19-34)11-5-6-22(20)30)28(24,3)14-15-31(29)26(23)32-31;1-9(2)14-17-16-12(5)18(14)11(4)8-13-7-6-10(3)15-13;1-4-2-3-4/h17,19-24,26,32H,5-16,18H2,1-4H3;9-11,13,15H,6-8H2,1-5H3;4H,2-3H2,1H3/t20?,21?,22-,23?,24?,26?,28?,29?,30?,31?;;/m1../s1. The van der Waals surface area contributed by atoms with E-state index in [1.54, 1.807) is 0 Å². The summed E-state index contributed by atoms with van der Waals surface area (Å²) in [5, 5.41) is 16.1. The monoisotopic (exact) mass is 804 g/mol. The van der Waals surface area contributed by atoms with E-state index in [1.807, 2.05) is 13.8 Å². The van der Waals surface area contributed by atoms with E-state index < -0.39 is 0 Å². The van der Waals surface area contributed by atoms with Gasteiger partial charge in [0.05, 0.1) is 12.5 Å². The summed E-state index contributed by atoms with van der Waals surface area (Å²) in [5.41, 5.74) is 0.361. The number of ether oxygens (including phenoxy) is 1. The molecule has 0 bridgehead atoms. The number of hydrogen-bond acceptors (Lipinski definition) is 8. The van der Waals surface area contributed by atoms with Crippen molar-refractivity contribution in [2.24, 2.45) is 51.2 Å². The number of aromatic nitrogens is 3. The minimum Gasteiger partial charge on any atom is -0.461 e. The Balaban J connectivity index is 0.000000193. The van der Waals surface area contributed by atoms with Gasteiger partial charge in [-0.2, -0.15) is 0 Å². The molecule has 8 aliphatic rings. The second-order valence-corrected chi connectivity index (χ2v) is 22.8. The first-order chi connectivity index (χ1) is 27.4. The third kappa shape index (κ3) is 8.16. The summed E-state index contributed by atoms with van der Waals surface area (Å²) in [5.74, 6) is 6.34. The highest BCUT2D eigenvalue weighted by Crippen LogP contribution is 2.74. The van der Waals surface area contributed by atoms with Gasteiger partial charge >= 0.3 is 5.97 Å². The van der Waals surface area contributed by atoms with Crippen molar-refractivity contribution in [3.05, 3.63) is 11.6 Å².